The maximum Gasteiger partial charge on any atom is 0.326 e. The molecule has 1 fully saturated rings. The molecule has 1 saturated heterocycles. The van der Waals surface area contributed by atoms with E-state index in [4.69, 9.17) is 0 Å². The quantitative estimate of drug-likeness (QED) is 0.699. The number of nitrogens with one attached hydrogen (secondary N) is 1. The number of carboxylic acid groups (broad SMARTS) is 1. The van der Waals surface area contributed by atoms with Gasteiger partial charge in [0.25, 0.3) is 0 Å². The number of β-amino-alcohol motifs (C(OH)–C–C–N with tert-alkyl or cyclic N) is 1. The fraction of sp³-hybridized carbons (Fsp3) is 0.467. The van der Waals surface area contributed by atoms with Gasteiger partial charge in [-0.1, -0.05) is 24.3 Å². The van der Waals surface area contributed by atoms with Gasteiger partial charge >= 0.3 is 5.97 Å². The van der Waals surface area contributed by atoms with E-state index in [1.165, 1.54) is 4.90 Å². The Morgan fingerprint density at radius 3 is 2.57 bits per heavy atom. The fourth-order valence-corrected chi connectivity index (χ4v) is 3.08. The molecule has 21 heavy (non-hydrogen) atoms. The number of carboxylic acids is 1. The Labute approximate surface area is 122 Å². The summed E-state index contributed by atoms with van der Waals surface area (Å²) < 4.78 is 0. The summed E-state index contributed by atoms with van der Waals surface area (Å²) in [5.41, 5.74) is 1.97. The Morgan fingerprint density at radius 1 is 1.24 bits per heavy atom. The van der Waals surface area contributed by atoms with E-state index in [0.29, 0.717) is 25.9 Å². The van der Waals surface area contributed by atoms with Crippen LogP contribution in [0.15, 0.2) is 24.3 Å². The molecule has 2 unspecified atom stereocenters. The van der Waals surface area contributed by atoms with Crippen molar-refractivity contribution in [2.24, 2.45) is 0 Å². The largest absolute Gasteiger partial charge is 0.480 e. The first-order valence-electron chi connectivity index (χ1n) is 7.08. The van der Waals surface area contributed by atoms with E-state index < -0.39 is 24.2 Å². The van der Waals surface area contributed by atoms with Crippen LogP contribution in [0.3, 0.4) is 0 Å². The van der Waals surface area contributed by atoms with Gasteiger partial charge in [0.2, 0.25) is 5.91 Å². The van der Waals surface area contributed by atoms with Gasteiger partial charge < -0.3 is 20.4 Å². The van der Waals surface area contributed by atoms with Crippen molar-refractivity contribution in [3.8, 4) is 0 Å². The lowest BCUT2D eigenvalue weighted by molar-refractivity contribution is -0.152. The van der Waals surface area contributed by atoms with E-state index in [-0.39, 0.29) is 5.91 Å². The number of hydrogen-bond donors (Lipinski definition) is 3. The average Bonchev–Trinajstić information content (AvgIpc) is 2.91. The standard InChI is InChI=1S/C15H18N2O4/c18-11-6-12(16-7-11)14(19)17-8-10-4-2-1-3-9(10)5-13(17)15(20)21/h1-4,11-13,16,18H,5-8H2,(H,20,21)/t11?,12?,13-/m1/s1. The first-order chi connectivity index (χ1) is 10.1. The fourth-order valence-electron chi connectivity index (χ4n) is 3.08. The number of benzene rings is 1. The minimum absolute atomic E-state index is 0.242. The second-order valence-electron chi connectivity index (χ2n) is 5.64. The molecule has 1 aromatic carbocycles. The highest BCUT2D eigenvalue weighted by atomic mass is 16.4. The molecule has 0 aliphatic carbocycles. The summed E-state index contributed by atoms with van der Waals surface area (Å²) in [5, 5.41) is 21.9. The predicted molar refractivity (Wildman–Crippen MR) is 74.5 cm³/mol. The van der Waals surface area contributed by atoms with E-state index in [0.717, 1.165) is 11.1 Å². The third kappa shape index (κ3) is 2.64. The number of nitrogens with zero attached hydrogens (tertiary/aromatic N) is 1. The Bertz CT molecular complexity index is 575. The van der Waals surface area contributed by atoms with Crippen molar-refractivity contribution in [1.82, 2.24) is 10.2 Å². The average molecular weight is 290 g/mol. The lowest BCUT2D eigenvalue weighted by atomic mass is 9.93. The molecule has 2 heterocycles. The Balaban J connectivity index is 1.85. The van der Waals surface area contributed by atoms with E-state index in [1.54, 1.807) is 0 Å². The van der Waals surface area contributed by atoms with Gasteiger partial charge in [-0.25, -0.2) is 4.79 Å². The molecule has 0 bridgehead atoms. The van der Waals surface area contributed by atoms with Crippen molar-refractivity contribution in [1.29, 1.82) is 0 Å². The molecular weight excluding hydrogens is 272 g/mol. The van der Waals surface area contributed by atoms with E-state index >= 15 is 0 Å². The van der Waals surface area contributed by atoms with Gasteiger partial charge in [0.1, 0.15) is 6.04 Å². The second kappa shape index (κ2) is 5.46. The van der Waals surface area contributed by atoms with Gasteiger partial charge in [0.15, 0.2) is 0 Å². The SMILES string of the molecule is O=C(O)[C@H]1Cc2ccccc2CN1C(=O)C1CC(O)CN1. The molecule has 3 N–H and O–H groups in total. The molecule has 0 saturated carbocycles. The van der Waals surface area contributed by atoms with Crippen molar-refractivity contribution in [2.75, 3.05) is 6.54 Å². The number of aliphatic hydroxyl groups excluding tert-OH is 1. The van der Waals surface area contributed by atoms with Crippen LogP contribution in [0.4, 0.5) is 0 Å². The zero-order valence-corrected chi connectivity index (χ0v) is 11.5. The lowest BCUT2D eigenvalue weighted by Crippen LogP contribution is -2.53. The van der Waals surface area contributed by atoms with Crippen molar-refractivity contribution < 1.29 is 19.8 Å². The zero-order chi connectivity index (χ0) is 15.0. The van der Waals surface area contributed by atoms with Crippen molar-refractivity contribution in [2.45, 2.75) is 37.6 Å². The molecule has 2 aliphatic rings. The Morgan fingerprint density at radius 2 is 1.95 bits per heavy atom. The van der Waals surface area contributed by atoms with E-state index in [9.17, 15) is 19.8 Å². The molecule has 112 valence electrons. The Hall–Kier alpha value is -1.92. The van der Waals surface area contributed by atoms with Crippen LogP contribution in [0.25, 0.3) is 0 Å². The topological polar surface area (TPSA) is 89.9 Å². The Kier molecular flexibility index (Phi) is 3.65. The van der Waals surface area contributed by atoms with Crippen molar-refractivity contribution >= 4 is 11.9 Å². The summed E-state index contributed by atoms with van der Waals surface area (Å²) in [6.07, 6.45) is 0.120. The van der Waals surface area contributed by atoms with Crippen molar-refractivity contribution in [3.05, 3.63) is 35.4 Å². The first-order valence-corrected chi connectivity index (χ1v) is 7.08. The third-order valence-corrected chi connectivity index (χ3v) is 4.22. The minimum Gasteiger partial charge on any atom is -0.480 e. The highest BCUT2D eigenvalue weighted by Gasteiger charge is 2.39. The maximum absolute atomic E-state index is 12.6. The predicted octanol–water partition coefficient (Wildman–Crippen LogP) is -0.253. The summed E-state index contributed by atoms with van der Waals surface area (Å²) in [6, 6.07) is 6.26. The second-order valence-corrected chi connectivity index (χ2v) is 5.64. The third-order valence-electron chi connectivity index (χ3n) is 4.22. The highest BCUT2D eigenvalue weighted by Crippen LogP contribution is 2.25. The van der Waals surface area contributed by atoms with Crippen LogP contribution in [0.2, 0.25) is 0 Å². The first kappa shape index (κ1) is 14.0. The number of rotatable bonds is 2. The lowest BCUT2D eigenvalue weighted by Gasteiger charge is -2.36. The molecule has 6 nitrogen and oxygen atoms in total. The van der Waals surface area contributed by atoms with Gasteiger partial charge in [0, 0.05) is 19.5 Å². The molecule has 3 atom stereocenters. The minimum atomic E-state index is -0.989. The molecular formula is C15H18N2O4. The molecule has 0 aromatic heterocycles. The van der Waals surface area contributed by atoms with Gasteiger partial charge in [0.05, 0.1) is 12.1 Å². The molecule has 6 heteroatoms. The van der Waals surface area contributed by atoms with Gasteiger partial charge in [-0.05, 0) is 17.5 Å². The molecule has 2 aliphatic heterocycles. The molecule has 0 radical (unpaired) electrons. The number of fused-ring (bicyclic) bond motifs is 1. The summed E-state index contributed by atoms with van der Waals surface area (Å²) >= 11 is 0. The normalized spacial score (nSPS) is 28.2. The number of amides is 1. The van der Waals surface area contributed by atoms with Crippen LogP contribution < -0.4 is 5.32 Å². The van der Waals surface area contributed by atoms with Crippen LogP contribution in [0.5, 0.6) is 0 Å². The van der Waals surface area contributed by atoms with E-state index in [2.05, 4.69) is 5.32 Å². The number of carbonyl (C=O) groups is 2. The van der Waals surface area contributed by atoms with Crippen LogP contribution >= 0.6 is 0 Å². The van der Waals surface area contributed by atoms with Gasteiger partial charge in [-0.2, -0.15) is 0 Å². The van der Waals surface area contributed by atoms with Crippen molar-refractivity contribution in [3.63, 3.8) is 0 Å². The summed E-state index contributed by atoms with van der Waals surface area (Å²) in [5.74, 6) is -1.23. The molecule has 1 aromatic rings. The smallest absolute Gasteiger partial charge is 0.326 e. The maximum atomic E-state index is 12.6. The molecule has 1 amide bonds. The van der Waals surface area contributed by atoms with Gasteiger partial charge in [-0.3, -0.25) is 4.79 Å². The zero-order valence-electron chi connectivity index (χ0n) is 11.5. The molecule has 3 rings (SSSR count). The number of carbonyl (C=O) groups excluding carboxylic acids is 1. The number of aliphatic carboxylic acids is 1. The van der Waals surface area contributed by atoms with Crippen LogP contribution in [0, 0.1) is 0 Å². The molecule has 0 spiro atoms. The highest BCUT2D eigenvalue weighted by molar-refractivity contribution is 5.88. The summed E-state index contributed by atoms with van der Waals surface area (Å²) in [6.45, 7) is 0.679. The van der Waals surface area contributed by atoms with E-state index in [1.807, 2.05) is 24.3 Å². The number of aliphatic hydroxyl groups is 1. The summed E-state index contributed by atoms with van der Waals surface area (Å²) in [4.78, 5) is 25.5. The monoisotopic (exact) mass is 290 g/mol. The summed E-state index contributed by atoms with van der Waals surface area (Å²) in [7, 11) is 0. The van der Waals surface area contributed by atoms with Crippen LogP contribution in [0.1, 0.15) is 17.5 Å². The van der Waals surface area contributed by atoms with Crippen LogP contribution in [-0.4, -0.2) is 51.7 Å². The van der Waals surface area contributed by atoms with Crippen LogP contribution in [-0.2, 0) is 22.6 Å². The van der Waals surface area contributed by atoms with Gasteiger partial charge in [-0.15, -0.1) is 0 Å². The number of hydrogen-bond acceptors (Lipinski definition) is 4.